The molecule has 130 valence electrons. The minimum Gasteiger partial charge on any atom is -0.350 e. The van der Waals surface area contributed by atoms with Crippen LogP contribution in [0.15, 0.2) is 23.1 Å². The second kappa shape index (κ2) is 8.42. The van der Waals surface area contributed by atoms with Crippen molar-refractivity contribution in [2.24, 2.45) is 0 Å². The van der Waals surface area contributed by atoms with Gasteiger partial charge in [-0.25, -0.2) is 8.42 Å². The lowest BCUT2D eigenvalue weighted by Crippen LogP contribution is -2.37. The first-order valence-electron chi connectivity index (χ1n) is 7.84. The molecule has 0 radical (unpaired) electrons. The van der Waals surface area contributed by atoms with E-state index in [1.54, 1.807) is 32.9 Å². The molecule has 0 bridgehead atoms. The summed E-state index contributed by atoms with van der Waals surface area (Å²) in [6, 6.07) is 4.92. The number of carbonyl (C=O) groups excluding carboxylic acids is 1. The van der Waals surface area contributed by atoms with Crippen molar-refractivity contribution in [1.82, 2.24) is 14.9 Å². The van der Waals surface area contributed by atoms with E-state index in [0.29, 0.717) is 30.8 Å². The highest BCUT2D eigenvalue weighted by molar-refractivity contribution is 7.89. The van der Waals surface area contributed by atoms with Crippen molar-refractivity contribution in [1.29, 1.82) is 0 Å². The summed E-state index contributed by atoms with van der Waals surface area (Å²) in [5, 5.41) is 5.82. The number of sulfonamides is 1. The van der Waals surface area contributed by atoms with Crippen LogP contribution >= 0.6 is 0 Å². The van der Waals surface area contributed by atoms with E-state index in [0.717, 1.165) is 0 Å². The molecule has 2 N–H and O–H groups in total. The SMILES string of the molecule is CCN(CC)S(=O)(=O)c1cc(C(=O)NCC(C)NC)ccc1C. The molecule has 1 aromatic carbocycles. The Bertz CT molecular complexity index is 640. The number of nitrogens with zero attached hydrogens (tertiary/aromatic N) is 1. The molecule has 1 atom stereocenters. The summed E-state index contributed by atoms with van der Waals surface area (Å²) in [6.07, 6.45) is 0. The fraction of sp³-hybridized carbons (Fsp3) is 0.562. The van der Waals surface area contributed by atoms with Crippen molar-refractivity contribution in [3.05, 3.63) is 29.3 Å². The van der Waals surface area contributed by atoms with E-state index in [2.05, 4.69) is 10.6 Å². The topological polar surface area (TPSA) is 78.5 Å². The highest BCUT2D eigenvalue weighted by atomic mass is 32.2. The quantitative estimate of drug-likeness (QED) is 0.748. The summed E-state index contributed by atoms with van der Waals surface area (Å²) in [7, 11) is -1.77. The van der Waals surface area contributed by atoms with E-state index in [9.17, 15) is 13.2 Å². The molecule has 0 aliphatic carbocycles. The molecular weight excluding hydrogens is 314 g/mol. The Morgan fingerprint density at radius 1 is 1.26 bits per heavy atom. The smallest absolute Gasteiger partial charge is 0.251 e. The molecule has 1 aromatic rings. The van der Waals surface area contributed by atoms with Gasteiger partial charge in [-0.3, -0.25) is 4.79 Å². The van der Waals surface area contributed by atoms with E-state index in [4.69, 9.17) is 0 Å². The molecule has 0 aromatic heterocycles. The van der Waals surface area contributed by atoms with Crippen molar-refractivity contribution in [2.45, 2.75) is 38.6 Å². The van der Waals surface area contributed by atoms with Crippen LogP contribution in [-0.2, 0) is 10.0 Å². The standard InChI is InChI=1S/C16H27N3O3S/c1-6-19(7-2)23(21,22)15-10-14(9-8-12(15)3)16(20)18-11-13(4)17-5/h8-10,13,17H,6-7,11H2,1-5H3,(H,18,20). The number of hydrogen-bond donors (Lipinski definition) is 2. The van der Waals surface area contributed by atoms with Crippen LogP contribution in [0.3, 0.4) is 0 Å². The van der Waals surface area contributed by atoms with Crippen LogP contribution in [0.1, 0.15) is 36.7 Å². The van der Waals surface area contributed by atoms with Gasteiger partial charge in [0.2, 0.25) is 10.0 Å². The van der Waals surface area contributed by atoms with Crippen LogP contribution in [0.4, 0.5) is 0 Å². The van der Waals surface area contributed by atoms with E-state index in [1.165, 1.54) is 10.4 Å². The van der Waals surface area contributed by atoms with E-state index < -0.39 is 10.0 Å². The molecule has 7 heteroatoms. The highest BCUT2D eigenvalue weighted by Gasteiger charge is 2.24. The van der Waals surface area contributed by atoms with E-state index in [1.807, 2.05) is 14.0 Å². The Kier molecular flexibility index (Phi) is 7.18. The molecule has 23 heavy (non-hydrogen) atoms. The third-order valence-electron chi connectivity index (χ3n) is 3.84. The Morgan fingerprint density at radius 3 is 2.39 bits per heavy atom. The first-order valence-corrected chi connectivity index (χ1v) is 9.28. The Labute approximate surface area is 139 Å². The number of rotatable bonds is 8. The fourth-order valence-electron chi connectivity index (χ4n) is 2.17. The summed E-state index contributed by atoms with van der Waals surface area (Å²) in [5.41, 5.74) is 0.988. The van der Waals surface area contributed by atoms with E-state index >= 15 is 0 Å². The van der Waals surface area contributed by atoms with Gasteiger partial charge >= 0.3 is 0 Å². The molecule has 0 saturated carbocycles. The van der Waals surface area contributed by atoms with Crippen LogP contribution < -0.4 is 10.6 Å². The van der Waals surface area contributed by atoms with Crippen LogP contribution in [-0.4, -0.2) is 51.4 Å². The predicted molar refractivity (Wildman–Crippen MR) is 92.1 cm³/mol. The minimum atomic E-state index is -3.58. The third kappa shape index (κ3) is 4.76. The van der Waals surface area contributed by atoms with Crippen molar-refractivity contribution in [3.63, 3.8) is 0 Å². The number of amides is 1. The van der Waals surface area contributed by atoms with Crippen LogP contribution in [0, 0.1) is 6.92 Å². The molecule has 0 fully saturated rings. The number of hydrogen-bond acceptors (Lipinski definition) is 4. The van der Waals surface area contributed by atoms with Gasteiger partial charge in [-0.05, 0) is 38.6 Å². The summed E-state index contributed by atoms with van der Waals surface area (Å²) in [5.74, 6) is -0.275. The van der Waals surface area contributed by atoms with Gasteiger partial charge in [0.15, 0.2) is 0 Å². The first-order chi connectivity index (χ1) is 10.8. The van der Waals surface area contributed by atoms with Gasteiger partial charge < -0.3 is 10.6 Å². The normalized spacial score (nSPS) is 13.1. The Balaban J connectivity index is 3.11. The molecule has 0 saturated heterocycles. The zero-order valence-corrected chi connectivity index (χ0v) is 15.3. The van der Waals surface area contributed by atoms with Gasteiger partial charge in [0.25, 0.3) is 5.91 Å². The summed E-state index contributed by atoms with van der Waals surface area (Å²) in [6.45, 7) is 8.55. The second-order valence-electron chi connectivity index (χ2n) is 5.47. The summed E-state index contributed by atoms with van der Waals surface area (Å²) >= 11 is 0. The van der Waals surface area contributed by atoms with Crippen molar-refractivity contribution >= 4 is 15.9 Å². The molecular formula is C16H27N3O3S. The third-order valence-corrected chi connectivity index (χ3v) is 6.03. The monoisotopic (exact) mass is 341 g/mol. The average molecular weight is 341 g/mol. The van der Waals surface area contributed by atoms with E-state index in [-0.39, 0.29) is 16.8 Å². The number of carbonyl (C=O) groups is 1. The lowest BCUT2D eigenvalue weighted by molar-refractivity contribution is 0.0950. The fourth-order valence-corrected chi connectivity index (χ4v) is 3.88. The van der Waals surface area contributed by atoms with Crippen LogP contribution in [0.2, 0.25) is 0 Å². The number of likely N-dealkylation sites (N-methyl/N-ethyl adjacent to an activating group) is 1. The molecule has 0 heterocycles. The molecule has 0 spiro atoms. The molecule has 6 nitrogen and oxygen atoms in total. The largest absolute Gasteiger partial charge is 0.350 e. The zero-order valence-electron chi connectivity index (χ0n) is 14.5. The van der Waals surface area contributed by atoms with Gasteiger partial charge in [0.05, 0.1) is 4.90 Å². The van der Waals surface area contributed by atoms with Crippen LogP contribution in [0.5, 0.6) is 0 Å². The van der Waals surface area contributed by atoms with Gasteiger partial charge in [0.1, 0.15) is 0 Å². The Hall–Kier alpha value is -1.44. The maximum atomic E-state index is 12.7. The molecule has 0 aliphatic rings. The zero-order chi connectivity index (χ0) is 17.6. The number of nitrogens with one attached hydrogen (secondary N) is 2. The lowest BCUT2D eigenvalue weighted by atomic mass is 10.1. The molecule has 1 amide bonds. The summed E-state index contributed by atoms with van der Waals surface area (Å²) < 4.78 is 26.8. The average Bonchev–Trinajstić information content (AvgIpc) is 2.53. The van der Waals surface area contributed by atoms with Gasteiger partial charge in [-0.2, -0.15) is 4.31 Å². The summed E-state index contributed by atoms with van der Waals surface area (Å²) in [4.78, 5) is 12.4. The van der Waals surface area contributed by atoms with Gasteiger partial charge in [-0.15, -0.1) is 0 Å². The molecule has 1 rings (SSSR count). The Morgan fingerprint density at radius 2 is 1.87 bits per heavy atom. The van der Waals surface area contributed by atoms with Crippen LogP contribution in [0.25, 0.3) is 0 Å². The molecule has 1 unspecified atom stereocenters. The van der Waals surface area contributed by atoms with Crippen molar-refractivity contribution in [3.8, 4) is 0 Å². The van der Waals surface area contributed by atoms with Crippen molar-refractivity contribution < 1.29 is 13.2 Å². The van der Waals surface area contributed by atoms with Crippen molar-refractivity contribution in [2.75, 3.05) is 26.7 Å². The number of benzene rings is 1. The molecule has 0 aliphatic heterocycles. The number of aryl methyl sites for hydroxylation is 1. The van der Waals surface area contributed by atoms with Gasteiger partial charge in [-0.1, -0.05) is 19.9 Å². The van der Waals surface area contributed by atoms with Gasteiger partial charge in [0, 0.05) is 31.2 Å². The minimum absolute atomic E-state index is 0.142. The maximum absolute atomic E-state index is 12.7. The maximum Gasteiger partial charge on any atom is 0.251 e. The highest BCUT2D eigenvalue weighted by Crippen LogP contribution is 2.21. The predicted octanol–water partition coefficient (Wildman–Crippen LogP) is 1.36. The lowest BCUT2D eigenvalue weighted by Gasteiger charge is -2.20. The second-order valence-corrected chi connectivity index (χ2v) is 7.38. The first kappa shape index (κ1) is 19.6.